The van der Waals surface area contributed by atoms with Crippen LogP contribution < -0.4 is 10.4 Å². The largest absolute Gasteiger partial charge is 0.0798 e. The number of rotatable bonds is 0. The summed E-state index contributed by atoms with van der Waals surface area (Å²) in [7, 11) is 0. The van der Waals surface area contributed by atoms with Crippen molar-refractivity contribution < 1.29 is 0 Å². The summed E-state index contributed by atoms with van der Waals surface area (Å²) in [5.74, 6) is 0. The Kier molecular flexibility index (Phi) is 20.1. The Bertz CT molecular complexity index is 274. The first kappa shape index (κ1) is 19.5. The molecule has 0 nitrogen and oxygen atoms in total. The third kappa shape index (κ3) is 7.99. The lowest BCUT2D eigenvalue weighted by atomic mass is 10.2. The molecule has 0 unspecified atom stereocenters. The predicted octanol–water partition coefficient (Wildman–Crippen LogP) is 3.98. The van der Waals surface area contributed by atoms with E-state index in [1.807, 2.05) is 27.7 Å². The van der Waals surface area contributed by atoms with Crippen LogP contribution in [0.4, 0.5) is 0 Å². The lowest BCUT2D eigenvalue weighted by Crippen LogP contribution is -2.22. The minimum Gasteiger partial charge on any atom is -0.0798 e. The van der Waals surface area contributed by atoms with Crippen LogP contribution in [0.3, 0.4) is 0 Å². The van der Waals surface area contributed by atoms with Crippen molar-refractivity contribution in [2.75, 3.05) is 0 Å². The quantitative estimate of drug-likeness (QED) is 0.605. The van der Waals surface area contributed by atoms with Crippen LogP contribution in [0.15, 0.2) is 24.3 Å². The molecule has 1 aromatic rings. The van der Waals surface area contributed by atoms with Crippen molar-refractivity contribution in [3.63, 3.8) is 0 Å². The van der Waals surface area contributed by atoms with Gasteiger partial charge < -0.3 is 0 Å². The van der Waals surface area contributed by atoms with E-state index in [9.17, 15) is 0 Å². The van der Waals surface area contributed by atoms with Crippen molar-refractivity contribution in [3.05, 3.63) is 34.7 Å². The van der Waals surface area contributed by atoms with Gasteiger partial charge in [-0.3, -0.25) is 0 Å². The molecule has 0 aliphatic rings. The van der Waals surface area contributed by atoms with E-state index >= 15 is 0 Å². The highest BCUT2D eigenvalue weighted by Crippen LogP contribution is 1.71. The first-order valence-corrected chi connectivity index (χ1v) is 5.56. The molecule has 0 saturated carbocycles. The van der Waals surface area contributed by atoms with Crippen LogP contribution in [0.25, 0.3) is 12.2 Å². The molecule has 0 heteroatoms. The fourth-order valence-corrected chi connectivity index (χ4v) is 1.04. The molecule has 1 aromatic carbocycles. The van der Waals surface area contributed by atoms with Crippen LogP contribution in [0.5, 0.6) is 0 Å². The Morgan fingerprint density at radius 3 is 1.20 bits per heavy atom. The predicted molar refractivity (Wildman–Crippen MR) is 75.4 cm³/mol. The van der Waals surface area contributed by atoms with Crippen LogP contribution in [-0.2, 0) is 0 Å². The van der Waals surface area contributed by atoms with Gasteiger partial charge >= 0.3 is 0 Å². The fraction of sp³-hybridized carbons (Fsp3) is 0.467. The number of hydrogen-bond acceptors (Lipinski definition) is 0. The van der Waals surface area contributed by atoms with Crippen molar-refractivity contribution in [2.24, 2.45) is 0 Å². The normalized spacial score (nSPS) is 10.3. The highest BCUT2D eigenvalue weighted by molar-refractivity contribution is 5.28. The Morgan fingerprint density at radius 2 is 1.00 bits per heavy atom. The second-order valence-corrected chi connectivity index (χ2v) is 2.21. The fourth-order valence-electron chi connectivity index (χ4n) is 1.04. The van der Waals surface area contributed by atoms with E-state index in [1.165, 1.54) is 10.4 Å². The minimum absolute atomic E-state index is 0. The molecule has 88 valence electrons. The van der Waals surface area contributed by atoms with Crippen molar-refractivity contribution in [3.8, 4) is 0 Å². The Morgan fingerprint density at radius 1 is 0.733 bits per heavy atom. The third-order valence-electron chi connectivity index (χ3n) is 1.62. The van der Waals surface area contributed by atoms with Gasteiger partial charge in [0.2, 0.25) is 0 Å². The highest BCUT2D eigenvalue weighted by Gasteiger charge is 1.77. The smallest absolute Gasteiger partial charge is 0.0230 e. The van der Waals surface area contributed by atoms with E-state index in [1.54, 1.807) is 0 Å². The van der Waals surface area contributed by atoms with Crippen molar-refractivity contribution >= 4 is 12.2 Å². The molecule has 0 N–H and O–H groups in total. The average molecular weight is 208 g/mol. The van der Waals surface area contributed by atoms with Crippen LogP contribution in [0.1, 0.15) is 49.0 Å². The van der Waals surface area contributed by atoms with Gasteiger partial charge in [-0.25, -0.2) is 0 Å². The molecular formula is C15H28. The van der Waals surface area contributed by atoms with Crippen LogP contribution >= 0.6 is 0 Å². The molecule has 0 atom stereocenters. The van der Waals surface area contributed by atoms with Gasteiger partial charge in [-0.05, 0) is 24.3 Å². The Balaban J connectivity index is -0.000000258. The molecule has 0 aliphatic carbocycles. The van der Waals surface area contributed by atoms with Crippen LogP contribution in [0, 0.1) is 0 Å². The van der Waals surface area contributed by atoms with Gasteiger partial charge in [0.1, 0.15) is 0 Å². The summed E-state index contributed by atoms with van der Waals surface area (Å²) in [5.41, 5.74) is 0. The molecule has 0 radical (unpaired) electrons. The molecule has 0 fully saturated rings. The molecule has 0 aliphatic heterocycles. The van der Waals surface area contributed by atoms with Gasteiger partial charge in [0.05, 0.1) is 0 Å². The van der Waals surface area contributed by atoms with Crippen molar-refractivity contribution in [2.45, 2.75) is 49.0 Å². The first-order valence-electron chi connectivity index (χ1n) is 5.56. The molecule has 0 bridgehead atoms. The molecule has 0 saturated heterocycles. The summed E-state index contributed by atoms with van der Waals surface area (Å²) < 4.78 is 0. The minimum atomic E-state index is 0. The maximum absolute atomic E-state index is 2.12. The summed E-state index contributed by atoms with van der Waals surface area (Å²) in [6, 6.07) is 8.36. The van der Waals surface area contributed by atoms with Gasteiger partial charge in [-0.15, -0.1) is 0 Å². The lowest BCUT2D eigenvalue weighted by Gasteiger charge is -1.85. The summed E-state index contributed by atoms with van der Waals surface area (Å²) in [6.45, 7) is 12.1. The monoisotopic (exact) mass is 208 g/mol. The molecule has 0 amide bonds. The summed E-state index contributed by atoms with van der Waals surface area (Å²) >= 11 is 0. The zero-order valence-corrected chi connectivity index (χ0v) is 10.5. The highest BCUT2D eigenvalue weighted by atomic mass is 13.8. The van der Waals surface area contributed by atoms with E-state index in [2.05, 4.69) is 50.3 Å². The molecule has 0 spiro atoms. The van der Waals surface area contributed by atoms with E-state index in [0.717, 1.165) is 0 Å². The molecule has 0 aromatic heterocycles. The van der Waals surface area contributed by atoms with Gasteiger partial charge in [-0.1, -0.05) is 71.5 Å². The zero-order valence-electron chi connectivity index (χ0n) is 10.5. The molecule has 15 heavy (non-hydrogen) atoms. The van der Waals surface area contributed by atoms with E-state index in [-0.39, 0.29) is 7.43 Å². The maximum atomic E-state index is 2.12. The van der Waals surface area contributed by atoms with E-state index < -0.39 is 0 Å². The first-order chi connectivity index (χ1) is 6.88. The molecular weight excluding hydrogens is 180 g/mol. The maximum Gasteiger partial charge on any atom is -0.0230 e. The number of benzene rings is 1. The van der Waals surface area contributed by atoms with Crippen molar-refractivity contribution in [1.82, 2.24) is 0 Å². The van der Waals surface area contributed by atoms with Gasteiger partial charge in [-0.2, -0.15) is 0 Å². The van der Waals surface area contributed by atoms with Gasteiger partial charge in [0, 0.05) is 0 Å². The SMILES string of the molecule is C.C/C=c1/cccc/c1=C/C.CC.CC. The topological polar surface area (TPSA) is 0 Å². The van der Waals surface area contributed by atoms with Crippen molar-refractivity contribution in [1.29, 1.82) is 0 Å². The van der Waals surface area contributed by atoms with Crippen LogP contribution in [0.2, 0.25) is 0 Å². The average Bonchev–Trinajstić information content (AvgIpc) is 2.34. The zero-order chi connectivity index (χ0) is 11.4. The standard InChI is InChI=1S/C10H12.2C2H6.CH4/c1-3-9-7-5-6-8-10(9)4-2;2*1-2;/h3-8H,1-2H3;2*1-2H3;1H4/b9-3-,10-4-;;;. The second kappa shape index (κ2) is 15.4. The summed E-state index contributed by atoms with van der Waals surface area (Å²) in [6.07, 6.45) is 4.24. The molecule has 1 rings (SSSR count). The summed E-state index contributed by atoms with van der Waals surface area (Å²) in [5, 5.41) is 2.62. The van der Waals surface area contributed by atoms with Gasteiger partial charge in [0.15, 0.2) is 0 Å². The molecule has 0 heterocycles. The summed E-state index contributed by atoms with van der Waals surface area (Å²) in [4.78, 5) is 0. The Hall–Kier alpha value is -1.04. The lowest BCUT2D eigenvalue weighted by molar-refractivity contribution is 1.50. The number of hydrogen-bond donors (Lipinski definition) is 0. The third-order valence-corrected chi connectivity index (χ3v) is 1.62. The van der Waals surface area contributed by atoms with E-state index in [0.29, 0.717) is 0 Å². The second-order valence-electron chi connectivity index (χ2n) is 2.21. The van der Waals surface area contributed by atoms with Crippen LogP contribution in [-0.4, -0.2) is 0 Å². The van der Waals surface area contributed by atoms with E-state index in [4.69, 9.17) is 0 Å². The van der Waals surface area contributed by atoms with Gasteiger partial charge in [0.25, 0.3) is 0 Å². The Labute approximate surface area is 96.4 Å².